The molecule has 0 aliphatic rings. The SMILES string of the molecule is O=C(O)Cc1ccc(NC(=O)c2cccc(Br)c2)cn1. The third-order valence-electron chi connectivity index (χ3n) is 2.50. The summed E-state index contributed by atoms with van der Waals surface area (Å²) in [6.45, 7) is 0. The highest BCUT2D eigenvalue weighted by atomic mass is 79.9. The van der Waals surface area contributed by atoms with Crippen LogP contribution < -0.4 is 5.32 Å². The molecule has 1 heterocycles. The summed E-state index contributed by atoms with van der Waals surface area (Å²) >= 11 is 3.30. The Hall–Kier alpha value is -2.21. The van der Waals surface area contributed by atoms with Crippen molar-refractivity contribution < 1.29 is 14.7 Å². The number of aromatic nitrogens is 1. The van der Waals surface area contributed by atoms with Crippen molar-refractivity contribution in [3.8, 4) is 0 Å². The van der Waals surface area contributed by atoms with Crippen molar-refractivity contribution in [3.05, 3.63) is 58.3 Å². The number of carboxylic acids is 1. The molecule has 5 nitrogen and oxygen atoms in total. The predicted molar refractivity (Wildman–Crippen MR) is 77.7 cm³/mol. The van der Waals surface area contributed by atoms with E-state index in [2.05, 4.69) is 26.2 Å². The molecule has 6 heteroatoms. The number of amides is 1. The predicted octanol–water partition coefficient (Wildman–Crippen LogP) is 2.72. The molecule has 2 N–H and O–H groups in total. The van der Waals surface area contributed by atoms with Gasteiger partial charge in [0, 0.05) is 10.0 Å². The number of carbonyl (C=O) groups excluding carboxylic acids is 1. The molecule has 1 aromatic heterocycles. The van der Waals surface area contributed by atoms with Crippen LogP contribution in [0.4, 0.5) is 5.69 Å². The lowest BCUT2D eigenvalue weighted by Gasteiger charge is -2.06. The molecule has 0 aliphatic heterocycles. The average molecular weight is 335 g/mol. The van der Waals surface area contributed by atoms with Gasteiger partial charge in [0.2, 0.25) is 0 Å². The van der Waals surface area contributed by atoms with Gasteiger partial charge < -0.3 is 10.4 Å². The molecular weight excluding hydrogens is 324 g/mol. The van der Waals surface area contributed by atoms with Gasteiger partial charge in [0.15, 0.2) is 0 Å². The van der Waals surface area contributed by atoms with Gasteiger partial charge in [-0.3, -0.25) is 14.6 Å². The lowest BCUT2D eigenvalue weighted by Crippen LogP contribution is -2.12. The number of halogens is 1. The van der Waals surface area contributed by atoms with E-state index in [1.807, 2.05) is 6.07 Å². The third-order valence-corrected chi connectivity index (χ3v) is 3.00. The van der Waals surface area contributed by atoms with E-state index in [0.717, 1.165) is 4.47 Å². The number of hydrogen-bond acceptors (Lipinski definition) is 3. The smallest absolute Gasteiger partial charge is 0.309 e. The van der Waals surface area contributed by atoms with E-state index in [9.17, 15) is 9.59 Å². The van der Waals surface area contributed by atoms with E-state index in [4.69, 9.17) is 5.11 Å². The van der Waals surface area contributed by atoms with Gasteiger partial charge >= 0.3 is 5.97 Å². The molecule has 0 unspecified atom stereocenters. The van der Waals surface area contributed by atoms with Crippen LogP contribution in [0.1, 0.15) is 16.1 Å². The number of nitrogens with one attached hydrogen (secondary N) is 1. The number of hydrogen-bond donors (Lipinski definition) is 2. The van der Waals surface area contributed by atoms with E-state index in [1.165, 1.54) is 6.20 Å². The lowest BCUT2D eigenvalue weighted by atomic mass is 10.2. The topological polar surface area (TPSA) is 79.3 Å². The molecule has 0 saturated heterocycles. The second-order valence-electron chi connectivity index (χ2n) is 4.07. The Labute approximate surface area is 123 Å². The van der Waals surface area contributed by atoms with Gasteiger partial charge in [0.1, 0.15) is 0 Å². The molecule has 2 rings (SSSR count). The molecular formula is C14H11BrN2O3. The highest BCUT2D eigenvalue weighted by Gasteiger charge is 2.07. The fourth-order valence-corrected chi connectivity index (χ4v) is 1.99. The molecule has 20 heavy (non-hydrogen) atoms. The Balaban J connectivity index is 2.06. The van der Waals surface area contributed by atoms with Crippen molar-refractivity contribution in [2.75, 3.05) is 5.32 Å². The van der Waals surface area contributed by atoms with Gasteiger partial charge in [-0.2, -0.15) is 0 Å². The van der Waals surface area contributed by atoms with Crippen LogP contribution in [-0.4, -0.2) is 22.0 Å². The van der Waals surface area contributed by atoms with Crippen LogP contribution in [0.15, 0.2) is 47.1 Å². The monoisotopic (exact) mass is 334 g/mol. The minimum atomic E-state index is -0.941. The molecule has 1 amide bonds. The molecule has 0 saturated carbocycles. The quantitative estimate of drug-likeness (QED) is 0.900. The van der Waals surface area contributed by atoms with E-state index in [1.54, 1.807) is 30.3 Å². The first-order valence-corrected chi connectivity index (χ1v) is 6.57. The zero-order valence-electron chi connectivity index (χ0n) is 10.3. The van der Waals surface area contributed by atoms with Crippen molar-refractivity contribution >= 4 is 33.5 Å². The van der Waals surface area contributed by atoms with Crippen LogP contribution in [0, 0.1) is 0 Å². The number of pyridine rings is 1. The van der Waals surface area contributed by atoms with Crippen LogP contribution >= 0.6 is 15.9 Å². The fourth-order valence-electron chi connectivity index (χ4n) is 1.59. The lowest BCUT2D eigenvalue weighted by molar-refractivity contribution is -0.136. The minimum Gasteiger partial charge on any atom is -0.481 e. The Morgan fingerprint density at radius 3 is 2.65 bits per heavy atom. The van der Waals surface area contributed by atoms with Gasteiger partial charge in [0.05, 0.1) is 24.0 Å². The Morgan fingerprint density at radius 1 is 1.25 bits per heavy atom. The Kier molecular flexibility index (Phi) is 4.47. The molecule has 2 aromatic rings. The van der Waals surface area contributed by atoms with Gasteiger partial charge in [0.25, 0.3) is 5.91 Å². The number of nitrogens with zero attached hydrogens (tertiary/aromatic N) is 1. The highest BCUT2D eigenvalue weighted by molar-refractivity contribution is 9.10. The molecule has 0 bridgehead atoms. The van der Waals surface area contributed by atoms with E-state index >= 15 is 0 Å². The normalized spacial score (nSPS) is 10.1. The van der Waals surface area contributed by atoms with Gasteiger partial charge in [-0.1, -0.05) is 22.0 Å². The molecule has 0 spiro atoms. The minimum absolute atomic E-state index is 0.139. The molecule has 102 valence electrons. The van der Waals surface area contributed by atoms with Crippen molar-refractivity contribution in [1.29, 1.82) is 0 Å². The first kappa shape index (κ1) is 14.2. The summed E-state index contributed by atoms with van der Waals surface area (Å²) in [5.74, 6) is -1.19. The fraction of sp³-hybridized carbons (Fsp3) is 0.0714. The highest BCUT2D eigenvalue weighted by Crippen LogP contribution is 2.14. The largest absolute Gasteiger partial charge is 0.481 e. The van der Waals surface area contributed by atoms with Crippen LogP contribution in [0.25, 0.3) is 0 Å². The Morgan fingerprint density at radius 2 is 2.05 bits per heavy atom. The molecule has 0 aliphatic carbocycles. The maximum absolute atomic E-state index is 12.0. The third kappa shape index (κ3) is 3.89. The van der Waals surface area contributed by atoms with E-state index in [0.29, 0.717) is 16.9 Å². The van der Waals surface area contributed by atoms with E-state index < -0.39 is 5.97 Å². The van der Waals surface area contributed by atoms with Crippen molar-refractivity contribution in [2.45, 2.75) is 6.42 Å². The van der Waals surface area contributed by atoms with Crippen molar-refractivity contribution in [2.24, 2.45) is 0 Å². The molecule has 0 atom stereocenters. The van der Waals surface area contributed by atoms with Crippen LogP contribution in [0.3, 0.4) is 0 Å². The summed E-state index contributed by atoms with van der Waals surface area (Å²) in [6.07, 6.45) is 1.30. The second kappa shape index (κ2) is 6.29. The van der Waals surface area contributed by atoms with Gasteiger partial charge in [-0.05, 0) is 30.3 Å². The number of carboxylic acid groups (broad SMARTS) is 1. The molecule has 1 aromatic carbocycles. The zero-order chi connectivity index (χ0) is 14.5. The first-order chi connectivity index (χ1) is 9.54. The maximum atomic E-state index is 12.0. The summed E-state index contributed by atoms with van der Waals surface area (Å²) in [4.78, 5) is 26.5. The van der Waals surface area contributed by atoms with Crippen LogP contribution in [-0.2, 0) is 11.2 Å². The number of carbonyl (C=O) groups is 2. The van der Waals surface area contributed by atoms with Crippen LogP contribution in [0.5, 0.6) is 0 Å². The summed E-state index contributed by atoms with van der Waals surface area (Å²) in [5.41, 5.74) is 1.48. The summed E-state index contributed by atoms with van der Waals surface area (Å²) in [5, 5.41) is 11.3. The van der Waals surface area contributed by atoms with E-state index in [-0.39, 0.29) is 12.3 Å². The molecule has 0 fully saturated rings. The van der Waals surface area contributed by atoms with Crippen molar-refractivity contribution in [3.63, 3.8) is 0 Å². The van der Waals surface area contributed by atoms with Crippen molar-refractivity contribution in [1.82, 2.24) is 4.98 Å². The van der Waals surface area contributed by atoms with Gasteiger partial charge in [-0.25, -0.2) is 0 Å². The first-order valence-electron chi connectivity index (χ1n) is 5.78. The standard InChI is InChI=1S/C14H11BrN2O3/c15-10-3-1-2-9(6-10)14(20)17-12-5-4-11(16-8-12)7-13(18)19/h1-6,8H,7H2,(H,17,20)(H,18,19). The summed E-state index contributed by atoms with van der Waals surface area (Å²) < 4.78 is 0.820. The number of anilines is 1. The second-order valence-corrected chi connectivity index (χ2v) is 4.99. The maximum Gasteiger partial charge on any atom is 0.309 e. The van der Waals surface area contributed by atoms with Crippen LogP contribution in [0.2, 0.25) is 0 Å². The van der Waals surface area contributed by atoms with Gasteiger partial charge in [-0.15, -0.1) is 0 Å². The molecule has 0 radical (unpaired) electrons. The average Bonchev–Trinajstić information content (AvgIpc) is 2.40. The summed E-state index contributed by atoms with van der Waals surface area (Å²) in [7, 11) is 0. The number of aliphatic carboxylic acids is 1. The number of rotatable bonds is 4. The number of benzene rings is 1. The Bertz CT molecular complexity index is 641. The summed E-state index contributed by atoms with van der Waals surface area (Å²) in [6, 6.07) is 10.2. The zero-order valence-corrected chi connectivity index (χ0v) is 11.9.